The molecule has 5 heteroatoms. The van der Waals surface area contributed by atoms with Gasteiger partial charge in [-0.3, -0.25) is 0 Å². The minimum Gasteiger partial charge on any atom is -0.467 e. The van der Waals surface area contributed by atoms with Gasteiger partial charge in [0, 0.05) is 13.1 Å². The topological polar surface area (TPSA) is 54.7 Å². The van der Waals surface area contributed by atoms with Gasteiger partial charge in [0.1, 0.15) is 12.0 Å². The average molecular weight is 252 g/mol. The molecule has 0 bridgehead atoms. The molecule has 0 aromatic carbocycles. The molecule has 100 valence electrons. The van der Waals surface area contributed by atoms with Gasteiger partial charge in [-0.05, 0) is 32.0 Å². The number of ether oxygens (including phenoxy) is 1. The highest BCUT2D eigenvalue weighted by molar-refractivity contribution is 5.88. The molecule has 0 spiro atoms. The molecule has 0 radical (unpaired) electrons. The zero-order chi connectivity index (χ0) is 12.8. The number of hydrogen-bond donors (Lipinski definition) is 1. The van der Waals surface area contributed by atoms with Gasteiger partial charge in [-0.2, -0.15) is 0 Å². The number of hydrogen-bond acceptors (Lipinski definition) is 5. The van der Waals surface area contributed by atoms with Crippen molar-refractivity contribution in [3.8, 4) is 0 Å². The summed E-state index contributed by atoms with van der Waals surface area (Å²) in [6, 6.07) is 1.72. The van der Waals surface area contributed by atoms with Crippen molar-refractivity contribution in [1.82, 2.24) is 10.2 Å². The Morgan fingerprint density at radius 3 is 3.00 bits per heavy atom. The van der Waals surface area contributed by atoms with Gasteiger partial charge in [0.25, 0.3) is 0 Å². The third kappa shape index (κ3) is 3.58. The van der Waals surface area contributed by atoms with E-state index in [2.05, 4.69) is 15.0 Å². The van der Waals surface area contributed by atoms with Gasteiger partial charge >= 0.3 is 5.97 Å². The highest BCUT2D eigenvalue weighted by Gasteiger charge is 2.11. The van der Waals surface area contributed by atoms with E-state index < -0.39 is 0 Å². The Balaban J connectivity index is 1.66. The maximum atomic E-state index is 11.2. The number of methoxy groups -OCH3 is 1. The molecule has 1 aliphatic heterocycles. The van der Waals surface area contributed by atoms with E-state index in [9.17, 15) is 4.79 Å². The smallest absolute Gasteiger partial charge is 0.341 e. The first-order valence-electron chi connectivity index (χ1n) is 6.38. The molecule has 1 fully saturated rings. The van der Waals surface area contributed by atoms with Crippen molar-refractivity contribution in [2.45, 2.75) is 19.4 Å². The number of nitrogens with zero attached hydrogens (tertiary/aromatic N) is 1. The lowest BCUT2D eigenvalue weighted by atomic mass is 10.3. The zero-order valence-electron chi connectivity index (χ0n) is 10.8. The minimum absolute atomic E-state index is 0.359. The third-order valence-electron chi connectivity index (χ3n) is 3.18. The van der Waals surface area contributed by atoms with Gasteiger partial charge in [0.2, 0.25) is 0 Å². The fourth-order valence-electron chi connectivity index (χ4n) is 2.15. The van der Waals surface area contributed by atoms with E-state index in [0.717, 1.165) is 18.8 Å². The summed E-state index contributed by atoms with van der Waals surface area (Å²) in [5, 5.41) is 3.31. The van der Waals surface area contributed by atoms with Crippen LogP contribution in [0.25, 0.3) is 0 Å². The molecule has 0 amide bonds. The maximum Gasteiger partial charge on any atom is 0.341 e. The largest absolute Gasteiger partial charge is 0.467 e. The van der Waals surface area contributed by atoms with Gasteiger partial charge in [-0.25, -0.2) is 4.79 Å². The SMILES string of the molecule is COC(=O)c1coc(CNCCN2CCCC2)c1. The predicted molar refractivity (Wildman–Crippen MR) is 67.4 cm³/mol. The van der Waals surface area contributed by atoms with Crippen LogP contribution in [0.4, 0.5) is 0 Å². The number of nitrogens with one attached hydrogen (secondary N) is 1. The molecule has 0 aliphatic carbocycles. The molecule has 0 unspecified atom stereocenters. The van der Waals surface area contributed by atoms with Crippen molar-refractivity contribution < 1.29 is 13.9 Å². The Morgan fingerprint density at radius 2 is 2.28 bits per heavy atom. The average Bonchev–Trinajstić information content (AvgIpc) is 3.05. The van der Waals surface area contributed by atoms with Crippen molar-refractivity contribution in [3.05, 3.63) is 23.7 Å². The third-order valence-corrected chi connectivity index (χ3v) is 3.18. The number of esters is 1. The maximum absolute atomic E-state index is 11.2. The van der Waals surface area contributed by atoms with E-state index in [1.807, 2.05) is 0 Å². The fourth-order valence-corrected chi connectivity index (χ4v) is 2.15. The highest BCUT2D eigenvalue weighted by atomic mass is 16.5. The molecule has 1 N–H and O–H groups in total. The lowest BCUT2D eigenvalue weighted by molar-refractivity contribution is 0.0600. The van der Waals surface area contributed by atoms with Gasteiger partial charge < -0.3 is 19.4 Å². The Morgan fingerprint density at radius 1 is 1.50 bits per heavy atom. The summed E-state index contributed by atoms with van der Waals surface area (Å²) >= 11 is 0. The number of carbonyl (C=O) groups is 1. The Labute approximate surface area is 107 Å². The summed E-state index contributed by atoms with van der Waals surface area (Å²) in [7, 11) is 1.36. The van der Waals surface area contributed by atoms with Crippen LogP contribution in [0.1, 0.15) is 29.0 Å². The van der Waals surface area contributed by atoms with Gasteiger partial charge in [-0.15, -0.1) is 0 Å². The predicted octanol–water partition coefficient (Wildman–Crippen LogP) is 1.25. The summed E-state index contributed by atoms with van der Waals surface area (Å²) in [5.74, 6) is 0.402. The highest BCUT2D eigenvalue weighted by Crippen LogP contribution is 2.09. The van der Waals surface area contributed by atoms with Crippen molar-refractivity contribution in [1.29, 1.82) is 0 Å². The molecular weight excluding hydrogens is 232 g/mol. The zero-order valence-corrected chi connectivity index (χ0v) is 10.8. The minimum atomic E-state index is -0.359. The fraction of sp³-hybridized carbons (Fsp3) is 0.615. The molecule has 1 saturated heterocycles. The molecule has 1 aromatic heterocycles. The number of carbonyl (C=O) groups excluding carboxylic acids is 1. The van der Waals surface area contributed by atoms with Gasteiger partial charge in [-0.1, -0.05) is 0 Å². The van der Waals surface area contributed by atoms with Gasteiger partial charge in [0.15, 0.2) is 0 Å². The molecule has 0 saturated carbocycles. The summed E-state index contributed by atoms with van der Waals surface area (Å²) in [6.07, 6.45) is 4.07. The van der Waals surface area contributed by atoms with Crippen LogP contribution >= 0.6 is 0 Å². The molecule has 2 rings (SSSR count). The van der Waals surface area contributed by atoms with Crippen LogP contribution in [0.2, 0.25) is 0 Å². The lowest BCUT2D eigenvalue weighted by Gasteiger charge is -2.14. The van der Waals surface area contributed by atoms with E-state index in [-0.39, 0.29) is 5.97 Å². The summed E-state index contributed by atoms with van der Waals surface area (Å²) in [6.45, 7) is 5.09. The summed E-state index contributed by atoms with van der Waals surface area (Å²) in [5.41, 5.74) is 0.467. The van der Waals surface area contributed by atoms with Crippen LogP contribution in [0, 0.1) is 0 Å². The molecule has 0 atom stereocenters. The Bertz CT molecular complexity index is 383. The van der Waals surface area contributed by atoms with Crippen LogP contribution < -0.4 is 5.32 Å². The van der Waals surface area contributed by atoms with E-state index in [4.69, 9.17) is 4.42 Å². The summed E-state index contributed by atoms with van der Waals surface area (Å²) < 4.78 is 9.90. The number of likely N-dealkylation sites (tertiary alicyclic amines) is 1. The first-order valence-corrected chi connectivity index (χ1v) is 6.38. The summed E-state index contributed by atoms with van der Waals surface area (Å²) in [4.78, 5) is 13.7. The first kappa shape index (κ1) is 13.1. The normalized spacial score (nSPS) is 16.1. The monoisotopic (exact) mass is 252 g/mol. The van der Waals surface area contributed by atoms with Crippen LogP contribution in [-0.2, 0) is 11.3 Å². The lowest BCUT2D eigenvalue weighted by Crippen LogP contribution is -2.29. The van der Waals surface area contributed by atoms with Crippen molar-refractivity contribution >= 4 is 5.97 Å². The van der Waals surface area contributed by atoms with Crippen LogP contribution in [0.15, 0.2) is 16.7 Å². The molecule has 2 heterocycles. The first-order chi connectivity index (χ1) is 8.79. The van der Waals surface area contributed by atoms with E-state index in [0.29, 0.717) is 12.1 Å². The number of rotatable bonds is 6. The van der Waals surface area contributed by atoms with Crippen molar-refractivity contribution in [2.24, 2.45) is 0 Å². The molecule has 18 heavy (non-hydrogen) atoms. The second-order valence-corrected chi connectivity index (χ2v) is 4.52. The van der Waals surface area contributed by atoms with Gasteiger partial charge in [0.05, 0.1) is 19.2 Å². The van der Waals surface area contributed by atoms with Crippen molar-refractivity contribution in [2.75, 3.05) is 33.3 Å². The van der Waals surface area contributed by atoms with Crippen molar-refractivity contribution in [3.63, 3.8) is 0 Å². The number of furan rings is 1. The van der Waals surface area contributed by atoms with Crippen LogP contribution in [-0.4, -0.2) is 44.2 Å². The second kappa shape index (κ2) is 6.56. The Hall–Kier alpha value is -1.33. The molecule has 1 aromatic rings. The van der Waals surface area contributed by atoms with E-state index in [1.54, 1.807) is 6.07 Å². The molecule has 1 aliphatic rings. The standard InChI is InChI=1S/C13H20N2O3/c1-17-13(16)11-8-12(18-10-11)9-14-4-7-15-5-2-3-6-15/h8,10,14H,2-7,9H2,1H3. The van der Waals surface area contributed by atoms with Crippen LogP contribution in [0.3, 0.4) is 0 Å². The second-order valence-electron chi connectivity index (χ2n) is 4.52. The molecular formula is C13H20N2O3. The Kier molecular flexibility index (Phi) is 4.78. The quantitative estimate of drug-likeness (QED) is 0.610. The van der Waals surface area contributed by atoms with E-state index in [1.165, 1.54) is 39.3 Å². The van der Waals surface area contributed by atoms with Crippen LogP contribution in [0.5, 0.6) is 0 Å². The molecule has 5 nitrogen and oxygen atoms in total. The van der Waals surface area contributed by atoms with E-state index >= 15 is 0 Å².